The smallest absolute Gasteiger partial charge is 0.235 e. The first kappa shape index (κ1) is 22.3. The van der Waals surface area contributed by atoms with E-state index in [-0.39, 0.29) is 5.41 Å². The Balaban J connectivity index is 1.37. The largest absolute Gasteiger partial charge is 0.278 e. The van der Waals surface area contributed by atoms with Gasteiger partial charge in [0, 0.05) is 21.8 Å². The fourth-order valence-electron chi connectivity index (χ4n) is 7.89. The monoisotopic (exact) mass is 515 g/mol. The van der Waals surface area contributed by atoms with Crippen molar-refractivity contribution in [1.82, 2.24) is 14.5 Å². The van der Waals surface area contributed by atoms with E-state index >= 15 is 0 Å². The number of hydrogen-bond acceptors (Lipinski definition) is 2. The Morgan fingerprint density at radius 2 is 1.50 bits per heavy atom. The van der Waals surface area contributed by atoms with E-state index in [4.69, 9.17) is 9.97 Å². The Hall–Kier alpha value is -4.50. The molecule has 1 fully saturated rings. The molecule has 0 radical (unpaired) electrons. The molecule has 0 bridgehead atoms. The van der Waals surface area contributed by atoms with Crippen molar-refractivity contribution in [3.05, 3.63) is 119 Å². The van der Waals surface area contributed by atoms with E-state index < -0.39 is 0 Å². The lowest BCUT2D eigenvalue weighted by atomic mass is 9.76. The van der Waals surface area contributed by atoms with Gasteiger partial charge in [0.25, 0.3) is 0 Å². The summed E-state index contributed by atoms with van der Waals surface area (Å²) in [5, 5.41) is 2.45. The summed E-state index contributed by atoms with van der Waals surface area (Å²) in [6, 6.07) is 33.1. The van der Waals surface area contributed by atoms with Crippen LogP contribution in [0.25, 0.3) is 56.2 Å². The van der Waals surface area contributed by atoms with Gasteiger partial charge in [0.1, 0.15) is 0 Å². The molecule has 3 aliphatic rings. The quantitative estimate of drug-likeness (QED) is 0.230. The fraction of sp³-hybridized carbons (Fsp3) is 0.189. The topological polar surface area (TPSA) is 30.7 Å². The summed E-state index contributed by atoms with van der Waals surface area (Å²) < 4.78 is 2.34. The average Bonchev–Trinajstić information content (AvgIpc) is 3.71. The number of hydrogen-bond donors (Lipinski definition) is 0. The highest BCUT2D eigenvalue weighted by atomic mass is 15.2. The van der Waals surface area contributed by atoms with Crippen molar-refractivity contribution in [1.29, 1.82) is 0 Å². The molecule has 9 rings (SSSR count). The van der Waals surface area contributed by atoms with Crippen molar-refractivity contribution in [2.45, 2.75) is 43.9 Å². The van der Waals surface area contributed by atoms with Crippen LogP contribution in [0.15, 0.2) is 97.1 Å². The normalized spacial score (nSPS) is 16.5. The number of benzene rings is 4. The van der Waals surface area contributed by atoms with Crippen LogP contribution in [-0.2, 0) is 11.8 Å². The Bertz CT molecular complexity index is 2010. The summed E-state index contributed by atoms with van der Waals surface area (Å²) in [6.45, 7) is 0. The number of para-hydroxylation sites is 1. The van der Waals surface area contributed by atoms with Crippen LogP contribution in [-0.4, -0.2) is 14.5 Å². The van der Waals surface area contributed by atoms with Gasteiger partial charge in [-0.3, -0.25) is 4.57 Å². The molecule has 0 aliphatic heterocycles. The number of rotatable bonds is 2. The molecule has 3 nitrogen and oxygen atoms in total. The van der Waals surface area contributed by atoms with E-state index in [2.05, 4.69) is 108 Å². The van der Waals surface area contributed by atoms with Gasteiger partial charge in [0.15, 0.2) is 0 Å². The molecule has 1 saturated carbocycles. The lowest BCUT2D eigenvalue weighted by molar-refractivity contribution is 0.550. The van der Waals surface area contributed by atoms with Gasteiger partial charge < -0.3 is 0 Å². The Morgan fingerprint density at radius 3 is 2.40 bits per heavy atom. The molecule has 4 aromatic carbocycles. The maximum Gasteiger partial charge on any atom is 0.235 e. The minimum Gasteiger partial charge on any atom is -0.278 e. The second-order valence-electron chi connectivity index (χ2n) is 11.6. The second-order valence-corrected chi connectivity index (χ2v) is 11.6. The van der Waals surface area contributed by atoms with Crippen molar-refractivity contribution in [3.8, 4) is 28.3 Å². The SMILES string of the molecule is C1=Cc2c(c3cc4c(cc3n2-c2nc(-c3ccccc3)c3ccccc3n2)-c2ccccc2C42CCCC2)CC1. The Morgan fingerprint density at radius 1 is 0.700 bits per heavy atom. The van der Waals surface area contributed by atoms with Crippen LogP contribution in [0.4, 0.5) is 0 Å². The molecular formula is C37H29N3. The van der Waals surface area contributed by atoms with Crippen molar-refractivity contribution >= 4 is 27.9 Å². The van der Waals surface area contributed by atoms with Crippen molar-refractivity contribution < 1.29 is 0 Å². The molecule has 6 aromatic rings. The minimum absolute atomic E-state index is 0.166. The van der Waals surface area contributed by atoms with Gasteiger partial charge in [-0.1, -0.05) is 91.7 Å². The predicted molar refractivity (Wildman–Crippen MR) is 164 cm³/mol. The molecule has 3 heteroatoms. The third-order valence-electron chi connectivity index (χ3n) is 9.63. The van der Waals surface area contributed by atoms with Gasteiger partial charge >= 0.3 is 0 Å². The summed E-state index contributed by atoms with van der Waals surface area (Å²) in [6.07, 6.45) is 11.8. The Labute approximate surface area is 233 Å². The van der Waals surface area contributed by atoms with Gasteiger partial charge in [-0.15, -0.1) is 0 Å². The molecular weight excluding hydrogens is 486 g/mol. The van der Waals surface area contributed by atoms with Gasteiger partial charge in [-0.2, -0.15) is 0 Å². The van der Waals surface area contributed by atoms with E-state index in [1.54, 1.807) is 0 Å². The first-order valence-corrected chi connectivity index (χ1v) is 14.6. The third-order valence-corrected chi connectivity index (χ3v) is 9.63. The lowest BCUT2D eigenvalue weighted by Gasteiger charge is -2.26. The molecule has 40 heavy (non-hydrogen) atoms. The van der Waals surface area contributed by atoms with Crippen LogP contribution in [0.1, 0.15) is 54.5 Å². The standard InChI is InChI=1S/C37H29N3/c1-2-12-24(13-3-1)35-27-16-5-8-18-32(27)38-36(39-35)40-33-19-9-6-15-26(33)29-22-31-28(23-34(29)40)25-14-4-7-17-30(25)37(31)20-10-11-21-37/h1-5,7-9,12-14,16-19,22-23H,6,10-11,15,20-21H2. The van der Waals surface area contributed by atoms with Crippen LogP contribution in [0, 0.1) is 0 Å². The molecule has 0 saturated heterocycles. The van der Waals surface area contributed by atoms with Gasteiger partial charge in [0.2, 0.25) is 5.95 Å². The highest BCUT2D eigenvalue weighted by Crippen LogP contribution is 2.58. The highest BCUT2D eigenvalue weighted by Gasteiger charge is 2.45. The summed E-state index contributed by atoms with van der Waals surface area (Å²) in [4.78, 5) is 10.5. The molecule has 0 N–H and O–H groups in total. The van der Waals surface area contributed by atoms with Gasteiger partial charge in [-0.25, -0.2) is 9.97 Å². The molecule has 2 aromatic heterocycles. The van der Waals surface area contributed by atoms with Crippen molar-refractivity contribution in [3.63, 3.8) is 0 Å². The molecule has 192 valence electrons. The van der Waals surface area contributed by atoms with E-state index in [0.29, 0.717) is 0 Å². The lowest BCUT2D eigenvalue weighted by Crippen LogP contribution is -2.20. The maximum atomic E-state index is 5.30. The molecule has 3 aliphatic carbocycles. The summed E-state index contributed by atoms with van der Waals surface area (Å²) in [7, 11) is 0. The highest BCUT2D eigenvalue weighted by molar-refractivity contribution is 5.98. The van der Waals surface area contributed by atoms with Crippen molar-refractivity contribution in [2.75, 3.05) is 0 Å². The van der Waals surface area contributed by atoms with Crippen LogP contribution >= 0.6 is 0 Å². The zero-order valence-corrected chi connectivity index (χ0v) is 22.4. The summed E-state index contributed by atoms with van der Waals surface area (Å²) in [5.41, 5.74) is 13.0. The van der Waals surface area contributed by atoms with Crippen LogP contribution in [0.2, 0.25) is 0 Å². The molecule has 0 atom stereocenters. The third kappa shape index (κ3) is 2.95. The number of fused-ring (bicyclic) bond motifs is 9. The molecule has 2 heterocycles. The predicted octanol–water partition coefficient (Wildman–Crippen LogP) is 9.04. The zero-order chi connectivity index (χ0) is 26.3. The van der Waals surface area contributed by atoms with Gasteiger partial charge in [0.05, 0.1) is 22.4 Å². The van der Waals surface area contributed by atoms with E-state index in [9.17, 15) is 0 Å². The molecule has 0 unspecified atom stereocenters. The number of aromatic nitrogens is 3. The second kappa shape index (κ2) is 8.25. The van der Waals surface area contributed by atoms with Crippen molar-refractivity contribution in [2.24, 2.45) is 0 Å². The maximum absolute atomic E-state index is 5.30. The molecule has 0 amide bonds. The average molecular weight is 516 g/mol. The minimum atomic E-state index is 0.166. The first-order chi connectivity index (χ1) is 19.8. The van der Waals surface area contributed by atoms with Gasteiger partial charge in [-0.05, 0) is 77.8 Å². The number of nitrogens with zero attached hydrogens (tertiary/aromatic N) is 3. The zero-order valence-electron chi connectivity index (χ0n) is 22.4. The number of aryl methyl sites for hydroxylation is 1. The van der Waals surface area contributed by atoms with E-state index in [1.165, 1.54) is 70.1 Å². The van der Waals surface area contributed by atoms with Crippen LogP contribution in [0.5, 0.6) is 0 Å². The Kier molecular flexibility index (Phi) is 4.61. The number of allylic oxidation sites excluding steroid dienone is 1. The van der Waals surface area contributed by atoms with Crippen LogP contribution < -0.4 is 0 Å². The van der Waals surface area contributed by atoms with E-state index in [0.717, 1.165) is 41.0 Å². The summed E-state index contributed by atoms with van der Waals surface area (Å²) >= 11 is 0. The van der Waals surface area contributed by atoms with Crippen LogP contribution in [0.3, 0.4) is 0 Å². The summed E-state index contributed by atoms with van der Waals surface area (Å²) in [5.74, 6) is 0.747. The fourth-order valence-corrected chi connectivity index (χ4v) is 7.89. The molecule has 1 spiro atoms. The van der Waals surface area contributed by atoms with E-state index in [1.807, 2.05) is 0 Å². The first-order valence-electron chi connectivity index (χ1n) is 14.6.